The lowest BCUT2D eigenvalue weighted by atomic mass is 10.2. The van der Waals surface area contributed by atoms with Crippen LogP contribution in [0.2, 0.25) is 0 Å². The summed E-state index contributed by atoms with van der Waals surface area (Å²) in [5.41, 5.74) is 5.57. The third-order valence-corrected chi connectivity index (χ3v) is 3.70. The van der Waals surface area contributed by atoms with Crippen molar-refractivity contribution in [3.05, 3.63) is 23.9 Å². The summed E-state index contributed by atoms with van der Waals surface area (Å²) in [6, 6.07) is 3.51. The van der Waals surface area contributed by atoms with E-state index in [1.54, 1.807) is 6.07 Å². The molecule has 2 aliphatic heterocycles. The van der Waals surface area contributed by atoms with Crippen molar-refractivity contribution in [1.29, 1.82) is 0 Å². The number of anilines is 1. The topological polar surface area (TPSA) is 71.7 Å². The molecule has 1 aromatic rings. The van der Waals surface area contributed by atoms with Crippen LogP contribution in [0.25, 0.3) is 0 Å². The smallest absolute Gasteiger partial charge is 0.250 e. The summed E-state index contributed by atoms with van der Waals surface area (Å²) in [5.74, 6) is 0.416. The molecule has 3 rings (SSSR count). The second-order valence-electron chi connectivity index (χ2n) is 5.38. The molecule has 0 atom stereocenters. The van der Waals surface area contributed by atoms with Gasteiger partial charge in [0.2, 0.25) is 5.91 Å². The molecule has 2 fully saturated rings. The van der Waals surface area contributed by atoms with E-state index in [0.717, 1.165) is 32.1 Å². The van der Waals surface area contributed by atoms with Crippen molar-refractivity contribution in [1.82, 2.24) is 9.88 Å². The van der Waals surface area contributed by atoms with E-state index in [9.17, 15) is 4.79 Å². The number of hydrogen-bond donors (Lipinski definition) is 1. The number of ether oxygens (including phenoxy) is 1. The molecule has 21 heavy (non-hydrogen) atoms. The predicted molar refractivity (Wildman–Crippen MR) is 84.6 cm³/mol. The molecule has 2 aliphatic rings. The van der Waals surface area contributed by atoms with Gasteiger partial charge in [-0.25, -0.2) is 4.98 Å². The summed E-state index contributed by atoms with van der Waals surface area (Å²) >= 11 is 0. The zero-order valence-corrected chi connectivity index (χ0v) is 12.6. The summed E-state index contributed by atoms with van der Waals surface area (Å²) < 4.78 is 5.24. The van der Waals surface area contributed by atoms with Crippen molar-refractivity contribution in [2.24, 2.45) is 5.73 Å². The average molecular weight is 294 g/mol. The highest BCUT2D eigenvalue weighted by atomic mass is 16.5. The highest BCUT2D eigenvalue weighted by Gasteiger charge is 2.12. The number of likely N-dealkylation sites (tertiary alicyclic amines) is 1. The van der Waals surface area contributed by atoms with Crippen LogP contribution in [-0.4, -0.2) is 62.2 Å². The third kappa shape index (κ3) is 4.99. The molecule has 1 amide bonds. The van der Waals surface area contributed by atoms with Crippen molar-refractivity contribution in [3.63, 3.8) is 0 Å². The van der Waals surface area contributed by atoms with Crippen molar-refractivity contribution in [2.45, 2.75) is 12.8 Å². The molecular formula is C15H26N4O2. The Hall–Kier alpha value is -1.66. The van der Waals surface area contributed by atoms with E-state index in [2.05, 4.69) is 21.8 Å². The van der Waals surface area contributed by atoms with Crippen LogP contribution in [0.5, 0.6) is 0 Å². The minimum absolute atomic E-state index is 0. The number of amides is 1. The fraction of sp³-hybridized carbons (Fsp3) is 0.600. The van der Waals surface area contributed by atoms with Gasteiger partial charge in [0.25, 0.3) is 0 Å². The molecule has 0 unspecified atom stereocenters. The average Bonchev–Trinajstić information content (AvgIpc) is 3.00. The fourth-order valence-corrected chi connectivity index (χ4v) is 2.39. The molecule has 118 valence electrons. The molecule has 0 radical (unpaired) electrons. The van der Waals surface area contributed by atoms with Crippen molar-refractivity contribution in [3.8, 4) is 0 Å². The standard InChI is InChI=1S/C10H13N3O2.C5H11N.H2/c11-10(14)8-1-2-9(12-7-8)13-3-5-15-6-4-13;1-6-4-2-3-5-6;/h1-2,7H,3-6H2,(H2,11,14);2-5H2,1H3;1H. The van der Waals surface area contributed by atoms with Gasteiger partial charge in [0.05, 0.1) is 18.8 Å². The number of nitrogens with zero attached hydrogens (tertiary/aromatic N) is 3. The minimum atomic E-state index is -0.448. The van der Waals surface area contributed by atoms with E-state index in [-0.39, 0.29) is 1.43 Å². The van der Waals surface area contributed by atoms with Gasteiger partial charge in [0.1, 0.15) is 5.82 Å². The van der Waals surface area contributed by atoms with Crippen molar-refractivity contribution in [2.75, 3.05) is 51.3 Å². The predicted octanol–water partition coefficient (Wildman–Crippen LogP) is 0.975. The van der Waals surface area contributed by atoms with Crippen LogP contribution in [-0.2, 0) is 4.74 Å². The third-order valence-electron chi connectivity index (χ3n) is 3.70. The lowest BCUT2D eigenvalue weighted by molar-refractivity contribution is 0.1000. The summed E-state index contributed by atoms with van der Waals surface area (Å²) in [6.07, 6.45) is 4.33. The number of aromatic nitrogens is 1. The Kier molecular flexibility index (Phi) is 5.95. The Morgan fingerprint density at radius 2 is 1.90 bits per heavy atom. The first kappa shape index (κ1) is 15.7. The number of primary amides is 1. The van der Waals surface area contributed by atoms with E-state index < -0.39 is 5.91 Å². The van der Waals surface area contributed by atoms with Gasteiger partial charge in [-0.3, -0.25) is 4.79 Å². The van der Waals surface area contributed by atoms with Crippen molar-refractivity contribution < 1.29 is 11.0 Å². The van der Waals surface area contributed by atoms with Crippen molar-refractivity contribution >= 4 is 11.7 Å². The molecule has 0 saturated carbocycles. The quantitative estimate of drug-likeness (QED) is 0.880. The summed E-state index contributed by atoms with van der Waals surface area (Å²) in [5, 5.41) is 0. The highest BCUT2D eigenvalue weighted by Crippen LogP contribution is 2.12. The molecule has 6 heteroatoms. The van der Waals surface area contributed by atoms with E-state index in [1.807, 2.05) is 6.07 Å². The Morgan fingerprint density at radius 1 is 1.24 bits per heavy atom. The van der Waals surface area contributed by atoms with Crippen LogP contribution < -0.4 is 10.6 Å². The lowest BCUT2D eigenvalue weighted by Gasteiger charge is -2.27. The van der Waals surface area contributed by atoms with Gasteiger partial charge in [0.15, 0.2) is 0 Å². The molecule has 6 nitrogen and oxygen atoms in total. The molecule has 0 aromatic carbocycles. The maximum Gasteiger partial charge on any atom is 0.250 e. The molecule has 0 aliphatic carbocycles. The molecule has 3 heterocycles. The Labute approximate surface area is 127 Å². The fourth-order valence-electron chi connectivity index (χ4n) is 2.39. The zero-order valence-electron chi connectivity index (χ0n) is 12.6. The normalized spacial score (nSPS) is 19.0. The van der Waals surface area contributed by atoms with Gasteiger partial charge in [-0.1, -0.05) is 0 Å². The summed E-state index contributed by atoms with van der Waals surface area (Å²) in [6.45, 7) is 5.75. The maximum atomic E-state index is 10.8. The molecular weight excluding hydrogens is 268 g/mol. The number of nitrogens with two attached hydrogens (primary N) is 1. The lowest BCUT2D eigenvalue weighted by Crippen LogP contribution is -2.36. The van der Waals surface area contributed by atoms with Crippen LogP contribution >= 0.6 is 0 Å². The summed E-state index contributed by atoms with van der Waals surface area (Å²) in [7, 11) is 2.17. The summed E-state index contributed by atoms with van der Waals surface area (Å²) in [4.78, 5) is 19.5. The maximum absolute atomic E-state index is 10.8. The second kappa shape index (κ2) is 7.95. The first-order valence-corrected chi connectivity index (χ1v) is 7.44. The van der Waals surface area contributed by atoms with Gasteiger partial charge in [-0.05, 0) is 45.1 Å². The highest BCUT2D eigenvalue weighted by molar-refractivity contribution is 5.92. The number of pyridine rings is 1. The monoisotopic (exact) mass is 294 g/mol. The largest absolute Gasteiger partial charge is 0.378 e. The molecule has 0 spiro atoms. The number of rotatable bonds is 2. The van der Waals surface area contributed by atoms with Crippen LogP contribution in [0.3, 0.4) is 0 Å². The zero-order chi connectivity index (χ0) is 15.1. The van der Waals surface area contributed by atoms with Gasteiger partial charge in [0, 0.05) is 20.7 Å². The Balaban J connectivity index is 0.000000293. The number of carbonyl (C=O) groups is 1. The molecule has 1 aromatic heterocycles. The van der Waals surface area contributed by atoms with E-state index in [0.29, 0.717) is 5.56 Å². The van der Waals surface area contributed by atoms with Crippen LogP contribution in [0.15, 0.2) is 18.3 Å². The van der Waals surface area contributed by atoms with E-state index in [1.165, 1.54) is 32.1 Å². The van der Waals surface area contributed by atoms with Crippen LogP contribution in [0.1, 0.15) is 24.6 Å². The second-order valence-corrected chi connectivity index (χ2v) is 5.38. The minimum Gasteiger partial charge on any atom is -0.378 e. The van der Waals surface area contributed by atoms with Gasteiger partial charge >= 0.3 is 0 Å². The van der Waals surface area contributed by atoms with E-state index >= 15 is 0 Å². The van der Waals surface area contributed by atoms with Gasteiger partial charge in [-0.15, -0.1) is 0 Å². The number of morpholine rings is 1. The van der Waals surface area contributed by atoms with Crippen LogP contribution in [0.4, 0.5) is 5.82 Å². The molecule has 2 saturated heterocycles. The van der Waals surface area contributed by atoms with Gasteiger partial charge in [-0.2, -0.15) is 0 Å². The van der Waals surface area contributed by atoms with E-state index in [4.69, 9.17) is 10.5 Å². The molecule has 2 N–H and O–H groups in total. The first-order valence-electron chi connectivity index (χ1n) is 7.44. The Bertz CT molecular complexity index is 443. The molecule has 0 bridgehead atoms. The Morgan fingerprint density at radius 3 is 2.33 bits per heavy atom. The number of hydrogen-bond acceptors (Lipinski definition) is 5. The number of carbonyl (C=O) groups excluding carboxylic acids is 1. The van der Waals surface area contributed by atoms with Gasteiger partial charge < -0.3 is 20.3 Å². The SMILES string of the molecule is CN1CCCC1.NC(=O)c1ccc(N2CCOCC2)nc1.[HH]. The van der Waals surface area contributed by atoms with Crippen LogP contribution in [0, 0.1) is 0 Å². The first-order chi connectivity index (χ1) is 10.2.